The number of sulfonamides is 1. The molecule has 5 heteroatoms. The van der Waals surface area contributed by atoms with E-state index in [4.69, 9.17) is 0 Å². The average Bonchev–Trinajstić information content (AvgIpc) is 2.75. The second-order valence-corrected chi connectivity index (χ2v) is 8.39. The van der Waals surface area contributed by atoms with Crippen LogP contribution in [-0.2, 0) is 14.8 Å². The van der Waals surface area contributed by atoms with E-state index in [1.54, 1.807) is 24.3 Å². The van der Waals surface area contributed by atoms with Crippen molar-refractivity contribution in [2.24, 2.45) is 0 Å². The van der Waals surface area contributed by atoms with Gasteiger partial charge in [0, 0.05) is 19.4 Å². The van der Waals surface area contributed by atoms with Gasteiger partial charge in [0.1, 0.15) is 5.78 Å². The molecular weight excluding hydrogens is 322 g/mol. The number of rotatable bonds is 4. The molecule has 1 aromatic rings. The zero-order valence-corrected chi connectivity index (χ0v) is 14.8. The molecule has 3 rings (SSSR count). The molecule has 0 spiro atoms. The summed E-state index contributed by atoms with van der Waals surface area (Å²) in [5.74, 6) is 0.339. The Bertz CT molecular complexity index is 802. The van der Waals surface area contributed by atoms with Crippen LogP contribution in [0.15, 0.2) is 52.0 Å². The molecule has 2 aliphatic rings. The van der Waals surface area contributed by atoms with Crippen LogP contribution < -0.4 is 4.72 Å². The minimum Gasteiger partial charge on any atom is -0.300 e. The van der Waals surface area contributed by atoms with Crippen LogP contribution in [0.3, 0.4) is 0 Å². The van der Waals surface area contributed by atoms with Crippen LogP contribution in [0.5, 0.6) is 0 Å². The fraction of sp³-hybridized carbons (Fsp3) is 0.421. The number of benzene rings is 1. The van der Waals surface area contributed by atoms with E-state index in [2.05, 4.69) is 10.8 Å². The van der Waals surface area contributed by atoms with E-state index < -0.39 is 10.0 Å². The molecule has 128 valence electrons. The second-order valence-electron chi connectivity index (χ2n) is 6.63. The first-order valence-corrected chi connectivity index (χ1v) is 9.88. The number of aryl methyl sites for hydroxylation is 1. The molecular formula is C19H23NO3S. The highest BCUT2D eigenvalue weighted by Crippen LogP contribution is 2.33. The van der Waals surface area contributed by atoms with Gasteiger partial charge in [0.2, 0.25) is 10.0 Å². The Balaban J connectivity index is 1.62. The number of Topliss-reactive ketones (excluding diaryl/α,β-unsaturated/α-hetero) is 1. The van der Waals surface area contributed by atoms with Crippen molar-refractivity contribution in [3.05, 3.63) is 52.6 Å². The third-order valence-corrected chi connectivity index (χ3v) is 6.23. The SMILES string of the molecule is Cc1ccc(S(=O)(=O)NCC2=CCC3=C(CCC(=O)CC3)C2)cc1. The van der Waals surface area contributed by atoms with E-state index in [1.165, 1.54) is 11.1 Å². The van der Waals surface area contributed by atoms with Gasteiger partial charge in [-0.3, -0.25) is 4.79 Å². The highest BCUT2D eigenvalue weighted by molar-refractivity contribution is 7.89. The van der Waals surface area contributed by atoms with Crippen molar-refractivity contribution < 1.29 is 13.2 Å². The molecule has 0 aliphatic heterocycles. The minimum atomic E-state index is -3.48. The van der Waals surface area contributed by atoms with E-state index in [9.17, 15) is 13.2 Å². The van der Waals surface area contributed by atoms with Gasteiger partial charge in [-0.1, -0.05) is 40.5 Å². The van der Waals surface area contributed by atoms with Crippen molar-refractivity contribution in [1.29, 1.82) is 0 Å². The summed E-state index contributed by atoms with van der Waals surface area (Å²) in [6.45, 7) is 2.26. The number of carbonyl (C=O) groups excluding carboxylic acids is 1. The Labute approximate surface area is 143 Å². The van der Waals surface area contributed by atoms with Crippen LogP contribution in [0.4, 0.5) is 0 Å². The molecule has 0 aromatic heterocycles. The quantitative estimate of drug-likeness (QED) is 0.850. The van der Waals surface area contributed by atoms with E-state index in [-0.39, 0.29) is 0 Å². The first-order valence-electron chi connectivity index (χ1n) is 8.40. The van der Waals surface area contributed by atoms with Crippen molar-refractivity contribution in [2.75, 3.05) is 6.54 Å². The minimum absolute atomic E-state index is 0.296. The maximum atomic E-state index is 12.4. The molecule has 0 saturated heterocycles. The zero-order chi connectivity index (χ0) is 17.2. The largest absolute Gasteiger partial charge is 0.300 e. The summed E-state index contributed by atoms with van der Waals surface area (Å²) < 4.78 is 27.4. The van der Waals surface area contributed by atoms with Crippen molar-refractivity contribution in [3.8, 4) is 0 Å². The summed E-state index contributed by atoms with van der Waals surface area (Å²) in [4.78, 5) is 11.9. The first-order chi connectivity index (χ1) is 11.4. The highest BCUT2D eigenvalue weighted by Gasteiger charge is 2.21. The number of hydrogen-bond donors (Lipinski definition) is 1. The lowest BCUT2D eigenvalue weighted by molar-refractivity contribution is -0.118. The van der Waals surface area contributed by atoms with Gasteiger partial charge in [0.25, 0.3) is 0 Å². The van der Waals surface area contributed by atoms with Gasteiger partial charge in [-0.15, -0.1) is 0 Å². The molecule has 0 fully saturated rings. The Kier molecular flexibility index (Phi) is 5.01. The van der Waals surface area contributed by atoms with E-state index in [0.29, 0.717) is 30.1 Å². The predicted octanol–water partition coefficient (Wildman–Crippen LogP) is 3.43. The normalized spacial score (nSPS) is 18.9. The van der Waals surface area contributed by atoms with E-state index in [1.807, 2.05) is 6.92 Å². The Morgan fingerprint density at radius 1 is 1.00 bits per heavy atom. The smallest absolute Gasteiger partial charge is 0.240 e. The Hall–Kier alpha value is -1.72. The summed E-state index contributed by atoms with van der Waals surface area (Å²) in [5.41, 5.74) is 4.85. The van der Waals surface area contributed by atoms with E-state index in [0.717, 1.165) is 36.8 Å². The van der Waals surface area contributed by atoms with Crippen molar-refractivity contribution in [2.45, 2.75) is 50.3 Å². The molecule has 24 heavy (non-hydrogen) atoms. The lowest BCUT2D eigenvalue weighted by atomic mass is 9.89. The average molecular weight is 345 g/mol. The number of hydrogen-bond acceptors (Lipinski definition) is 3. The van der Waals surface area contributed by atoms with Crippen LogP contribution in [0.2, 0.25) is 0 Å². The topological polar surface area (TPSA) is 63.2 Å². The van der Waals surface area contributed by atoms with Gasteiger partial charge in [-0.05, 0) is 44.7 Å². The van der Waals surface area contributed by atoms with Crippen LogP contribution in [0, 0.1) is 6.92 Å². The van der Waals surface area contributed by atoms with Crippen molar-refractivity contribution >= 4 is 15.8 Å². The van der Waals surface area contributed by atoms with Gasteiger partial charge in [0.15, 0.2) is 0 Å². The lowest BCUT2D eigenvalue weighted by Crippen LogP contribution is -2.26. The van der Waals surface area contributed by atoms with Crippen LogP contribution >= 0.6 is 0 Å². The van der Waals surface area contributed by atoms with Crippen LogP contribution in [0.1, 0.15) is 44.1 Å². The maximum Gasteiger partial charge on any atom is 0.240 e. The Morgan fingerprint density at radius 3 is 2.38 bits per heavy atom. The molecule has 0 heterocycles. The van der Waals surface area contributed by atoms with Gasteiger partial charge < -0.3 is 0 Å². The lowest BCUT2D eigenvalue weighted by Gasteiger charge is -2.20. The molecule has 1 aromatic carbocycles. The standard InChI is InChI=1S/C19H23NO3S/c1-14-2-10-19(11-3-14)24(22,23)20-13-15-4-5-16-6-8-18(21)9-7-17(16)12-15/h2-4,10-11,20H,5-9,12-13H2,1H3. The summed E-state index contributed by atoms with van der Waals surface area (Å²) in [5, 5.41) is 0. The fourth-order valence-corrected chi connectivity index (χ4v) is 4.29. The molecule has 0 atom stereocenters. The molecule has 2 aliphatic carbocycles. The molecule has 0 radical (unpaired) electrons. The predicted molar refractivity (Wildman–Crippen MR) is 94.2 cm³/mol. The third-order valence-electron chi connectivity index (χ3n) is 4.81. The van der Waals surface area contributed by atoms with Gasteiger partial charge in [0.05, 0.1) is 4.90 Å². The molecule has 4 nitrogen and oxygen atoms in total. The number of allylic oxidation sites excluding steroid dienone is 3. The number of carbonyl (C=O) groups is 1. The summed E-state index contributed by atoms with van der Waals surface area (Å²) >= 11 is 0. The van der Waals surface area contributed by atoms with Gasteiger partial charge in [-0.25, -0.2) is 13.1 Å². The highest BCUT2D eigenvalue weighted by atomic mass is 32.2. The van der Waals surface area contributed by atoms with E-state index >= 15 is 0 Å². The molecule has 0 bridgehead atoms. The summed E-state index contributed by atoms with van der Waals surface area (Å²) in [6.07, 6.45) is 6.74. The second kappa shape index (κ2) is 7.03. The van der Waals surface area contributed by atoms with Gasteiger partial charge >= 0.3 is 0 Å². The zero-order valence-electron chi connectivity index (χ0n) is 14.0. The third kappa shape index (κ3) is 4.02. The molecule has 0 amide bonds. The summed E-state index contributed by atoms with van der Waals surface area (Å²) in [7, 11) is -3.48. The van der Waals surface area contributed by atoms with Crippen LogP contribution in [0.25, 0.3) is 0 Å². The number of ketones is 1. The van der Waals surface area contributed by atoms with Crippen LogP contribution in [-0.4, -0.2) is 20.7 Å². The molecule has 0 saturated carbocycles. The van der Waals surface area contributed by atoms with Crippen molar-refractivity contribution in [1.82, 2.24) is 4.72 Å². The first kappa shape index (κ1) is 17.1. The van der Waals surface area contributed by atoms with Crippen molar-refractivity contribution in [3.63, 3.8) is 0 Å². The maximum absolute atomic E-state index is 12.4. The monoisotopic (exact) mass is 345 g/mol. The molecule has 0 unspecified atom stereocenters. The molecule has 1 N–H and O–H groups in total. The Morgan fingerprint density at radius 2 is 1.67 bits per heavy atom. The van der Waals surface area contributed by atoms with Gasteiger partial charge in [-0.2, -0.15) is 0 Å². The summed E-state index contributed by atoms with van der Waals surface area (Å²) in [6, 6.07) is 6.86. The number of nitrogens with one attached hydrogen (secondary N) is 1. The fourth-order valence-electron chi connectivity index (χ4n) is 3.26.